The maximum absolute atomic E-state index is 10.5. The van der Waals surface area contributed by atoms with Crippen molar-refractivity contribution in [3.8, 4) is 34.4 Å². The zero-order chi connectivity index (χ0) is 24.1. The SMILES string of the molecule is Oc1ccc(Cc2ccc(O)c(-c3nc4cc(Cl)ccc4o3)c2)cc1-c1nc2cc(Cl)ccc2o1. The van der Waals surface area contributed by atoms with E-state index in [0.717, 1.165) is 11.1 Å². The molecule has 0 radical (unpaired) electrons. The molecule has 0 fully saturated rings. The molecule has 2 N–H and O–H groups in total. The van der Waals surface area contributed by atoms with E-state index in [4.69, 9.17) is 32.0 Å². The van der Waals surface area contributed by atoms with Gasteiger partial charge >= 0.3 is 0 Å². The molecule has 0 aliphatic heterocycles. The maximum Gasteiger partial charge on any atom is 0.231 e. The third-order valence-electron chi connectivity index (χ3n) is 5.69. The van der Waals surface area contributed by atoms with Crippen LogP contribution in [-0.2, 0) is 6.42 Å². The molecule has 0 aliphatic carbocycles. The molecule has 2 aromatic heterocycles. The first kappa shape index (κ1) is 21.5. The number of hydrogen-bond donors (Lipinski definition) is 2. The predicted octanol–water partition coefficient (Wildman–Crippen LogP) is 7.61. The first-order chi connectivity index (χ1) is 16.9. The summed E-state index contributed by atoms with van der Waals surface area (Å²) in [4.78, 5) is 8.94. The van der Waals surface area contributed by atoms with Crippen LogP contribution < -0.4 is 0 Å². The topological polar surface area (TPSA) is 92.5 Å². The van der Waals surface area contributed by atoms with Crippen LogP contribution in [0.3, 0.4) is 0 Å². The smallest absolute Gasteiger partial charge is 0.231 e. The zero-order valence-electron chi connectivity index (χ0n) is 18.0. The standard InChI is InChI=1S/C27H16Cl2N2O4/c28-16-3-7-24-20(12-16)30-26(34-24)18-10-14(1-5-22(18)32)9-15-2-6-23(33)19(11-15)27-31-21-13-17(29)4-8-25(21)35-27/h1-8,10-13,32-33H,9H2. The summed E-state index contributed by atoms with van der Waals surface area (Å²) < 4.78 is 11.7. The van der Waals surface area contributed by atoms with Gasteiger partial charge < -0.3 is 19.0 Å². The molecule has 6 aromatic rings. The van der Waals surface area contributed by atoms with Gasteiger partial charge in [-0.3, -0.25) is 0 Å². The number of oxazole rings is 2. The molecule has 0 aliphatic rings. The van der Waals surface area contributed by atoms with Gasteiger partial charge in [0.2, 0.25) is 11.8 Å². The maximum atomic E-state index is 10.5. The lowest BCUT2D eigenvalue weighted by atomic mass is 10.00. The Labute approximate surface area is 209 Å². The molecular formula is C27H16Cl2N2O4. The van der Waals surface area contributed by atoms with Crippen LogP contribution in [0.2, 0.25) is 10.0 Å². The fourth-order valence-corrected chi connectivity index (χ4v) is 4.33. The minimum atomic E-state index is 0.0583. The first-order valence-electron chi connectivity index (χ1n) is 10.7. The Bertz CT molecular complexity index is 1610. The summed E-state index contributed by atoms with van der Waals surface area (Å²) in [6.07, 6.45) is 0.526. The number of aromatic hydroxyl groups is 2. The highest BCUT2D eigenvalue weighted by Crippen LogP contribution is 2.35. The molecule has 2 heterocycles. The summed E-state index contributed by atoms with van der Waals surface area (Å²) in [7, 11) is 0. The Balaban J connectivity index is 1.34. The van der Waals surface area contributed by atoms with Crippen LogP contribution in [0.4, 0.5) is 0 Å². The van der Waals surface area contributed by atoms with Crippen LogP contribution in [0.1, 0.15) is 11.1 Å². The van der Waals surface area contributed by atoms with E-state index in [9.17, 15) is 10.2 Å². The van der Waals surface area contributed by atoms with Crippen LogP contribution in [-0.4, -0.2) is 20.2 Å². The lowest BCUT2D eigenvalue weighted by Gasteiger charge is -2.08. The van der Waals surface area contributed by atoms with Crippen molar-refractivity contribution in [3.63, 3.8) is 0 Å². The summed E-state index contributed by atoms with van der Waals surface area (Å²) in [5.41, 5.74) is 5.17. The van der Waals surface area contributed by atoms with Gasteiger partial charge in [0.05, 0.1) is 11.1 Å². The van der Waals surface area contributed by atoms with Crippen molar-refractivity contribution in [2.24, 2.45) is 0 Å². The molecule has 0 saturated carbocycles. The fraction of sp³-hybridized carbons (Fsp3) is 0.0370. The molecule has 0 atom stereocenters. The summed E-state index contributed by atoms with van der Waals surface area (Å²) in [5.74, 6) is 0.724. The third kappa shape index (κ3) is 4.07. The Morgan fingerprint density at radius 3 is 1.51 bits per heavy atom. The van der Waals surface area contributed by atoms with Crippen LogP contribution in [0.25, 0.3) is 45.1 Å². The van der Waals surface area contributed by atoms with E-state index >= 15 is 0 Å². The highest BCUT2D eigenvalue weighted by atomic mass is 35.5. The predicted molar refractivity (Wildman–Crippen MR) is 135 cm³/mol. The average molecular weight is 503 g/mol. The van der Waals surface area contributed by atoms with Crippen LogP contribution in [0.5, 0.6) is 11.5 Å². The molecule has 172 valence electrons. The van der Waals surface area contributed by atoms with Crippen molar-refractivity contribution in [3.05, 3.63) is 94.0 Å². The summed E-state index contributed by atoms with van der Waals surface area (Å²) in [6, 6.07) is 20.9. The van der Waals surface area contributed by atoms with Crippen LogP contribution in [0.15, 0.2) is 81.6 Å². The van der Waals surface area contributed by atoms with E-state index in [0.29, 0.717) is 61.6 Å². The quantitative estimate of drug-likeness (QED) is 0.257. The molecule has 6 nitrogen and oxygen atoms in total. The van der Waals surface area contributed by atoms with Gasteiger partial charge in [0, 0.05) is 10.0 Å². The highest BCUT2D eigenvalue weighted by molar-refractivity contribution is 6.31. The third-order valence-corrected chi connectivity index (χ3v) is 6.16. The second-order valence-corrected chi connectivity index (χ2v) is 9.01. The normalized spacial score (nSPS) is 11.5. The fourth-order valence-electron chi connectivity index (χ4n) is 4.00. The second-order valence-electron chi connectivity index (χ2n) is 8.14. The molecule has 6 rings (SSSR count). The Hall–Kier alpha value is -4.00. The lowest BCUT2D eigenvalue weighted by Crippen LogP contribution is -1.91. The van der Waals surface area contributed by atoms with E-state index in [1.54, 1.807) is 48.5 Å². The number of aromatic nitrogens is 2. The highest BCUT2D eigenvalue weighted by Gasteiger charge is 2.16. The van der Waals surface area contributed by atoms with Crippen molar-refractivity contribution in [1.82, 2.24) is 9.97 Å². The van der Waals surface area contributed by atoms with Gasteiger partial charge in [-0.15, -0.1) is 0 Å². The largest absolute Gasteiger partial charge is 0.507 e. The summed E-state index contributed by atoms with van der Waals surface area (Å²) >= 11 is 12.1. The first-order valence-corrected chi connectivity index (χ1v) is 11.5. The monoisotopic (exact) mass is 502 g/mol. The van der Waals surface area contributed by atoms with Gasteiger partial charge in [0.25, 0.3) is 0 Å². The molecule has 4 aromatic carbocycles. The van der Waals surface area contributed by atoms with E-state index in [2.05, 4.69) is 9.97 Å². The van der Waals surface area contributed by atoms with Gasteiger partial charge in [0.15, 0.2) is 11.2 Å². The molecule has 0 unspecified atom stereocenters. The number of benzene rings is 4. The van der Waals surface area contributed by atoms with Crippen molar-refractivity contribution in [2.45, 2.75) is 6.42 Å². The molecule has 8 heteroatoms. The minimum absolute atomic E-state index is 0.0583. The number of phenols is 2. The van der Waals surface area contributed by atoms with Gasteiger partial charge in [0.1, 0.15) is 22.5 Å². The molecule has 35 heavy (non-hydrogen) atoms. The van der Waals surface area contributed by atoms with Crippen molar-refractivity contribution >= 4 is 45.4 Å². The minimum Gasteiger partial charge on any atom is -0.507 e. The number of fused-ring (bicyclic) bond motifs is 2. The van der Waals surface area contributed by atoms with E-state index in [-0.39, 0.29) is 11.5 Å². The van der Waals surface area contributed by atoms with Gasteiger partial charge in [-0.2, -0.15) is 0 Å². The van der Waals surface area contributed by atoms with Crippen molar-refractivity contribution in [2.75, 3.05) is 0 Å². The van der Waals surface area contributed by atoms with E-state index in [1.165, 1.54) is 0 Å². The molecule has 0 saturated heterocycles. The van der Waals surface area contributed by atoms with Crippen molar-refractivity contribution in [1.29, 1.82) is 0 Å². The van der Waals surface area contributed by atoms with Gasteiger partial charge in [-0.25, -0.2) is 9.97 Å². The van der Waals surface area contributed by atoms with Crippen molar-refractivity contribution < 1.29 is 19.0 Å². The number of halogens is 2. The Morgan fingerprint density at radius 1 is 0.600 bits per heavy atom. The van der Waals surface area contributed by atoms with Gasteiger partial charge in [-0.05, 0) is 78.2 Å². The molecule has 0 spiro atoms. The van der Waals surface area contributed by atoms with Crippen LogP contribution >= 0.6 is 23.2 Å². The average Bonchev–Trinajstić information content (AvgIpc) is 3.44. The summed E-state index contributed by atoms with van der Waals surface area (Å²) in [6.45, 7) is 0. The van der Waals surface area contributed by atoms with Crippen LogP contribution in [0, 0.1) is 0 Å². The number of rotatable bonds is 4. The number of hydrogen-bond acceptors (Lipinski definition) is 6. The van der Waals surface area contributed by atoms with Gasteiger partial charge in [-0.1, -0.05) is 35.3 Å². The molecule has 0 amide bonds. The second kappa shape index (κ2) is 8.34. The van der Waals surface area contributed by atoms with E-state index < -0.39 is 0 Å². The molecule has 0 bridgehead atoms. The number of nitrogens with zero attached hydrogens (tertiary/aromatic N) is 2. The number of phenolic OH excluding ortho intramolecular Hbond substituents is 2. The summed E-state index contributed by atoms with van der Waals surface area (Å²) in [5, 5.41) is 22.0. The Morgan fingerprint density at radius 2 is 1.06 bits per heavy atom. The molecular weight excluding hydrogens is 487 g/mol. The van der Waals surface area contributed by atoms with E-state index in [1.807, 2.05) is 24.3 Å². The zero-order valence-corrected chi connectivity index (χ0v) is 19.5. The lowest BCUT2D eigenvalue weighted by molar-refractivity contribution is 0.473. The Kier molecular flexibility index (Phi) is 5.13.